The lowest BCUT2D eigenvalue weighted by Crippen LogP contribution is -2.19. The number of carbonyl (C=O) groups is 2. The molecule has 1 heterocycles. The second-order valence-corrected chi connectivity index (χ2v) is 9.09. The Kier molecular flexibility index (Phi) is 8.82. The molecule has 0 unspecified atom stereocenters. The van der Waals surface area contributed by atoms with E-state index in [1.165, 1.54) is 11.8 Å². The zero-order valence-electron chi connectivity index (χ0n) is 18.2. The van der Waals surface area contributed by atoms with Crippen LogP contribution in [0.4, 0.5) is 5.69 Å². The fourth-order valence-electron chi connectivity index (χ4n) is 2.89. The molecule has 1 aliphatic rings. The average Bonchev–Trinajstić information content (AvgIpc) is 3.08. The molecule has 1 aliphatic heterocycles. The standard InChI is InChI=1S/C23H22BrClN2O5S/c1-4-30-18-10-14(9-16(24)21(18)32-12-20(28)31-5-2)11-19-22(29)27-23(33-19)26-17-7-6-15(25)8-13(17)3/h6-11H,4-5,12H2,1-3H3,(H,26,27,29)/b19-11-. The van der Waals surface area contributed by atoms with Gasteiger partial charge in [-0.1, -0.05) is 11.6 Å². The molecule has 1 saturated heterocycles. The van der Waals surface area contributed by atoms with Gasteiger partial charge in [0.05, 0.1) is 28.3 Å². The van der Waals surface area contributed by atoms with Gasteiger partial charge in [0.15, 0.2) is 23.3 Å². The molecule has 0 saturated carbocycles. The van der Waals surface area contributed by atoms with Crippen LogP contribution >= 0.6 is 39.3 Å². The molecule has 1 amide bonds. The van der Waals surface area contributed by atoms with Crippen LogP contribution in [0.2, 0.25) is 5.02 Å². The predicted molar refractivity (Wildman–Crippen MR) is 134 cm³/mol. The van der Waals surface area contributed by atoms with Crippen molar-refractivity contribution in [3.05, 3.63) is 55.9 Å². The van der Waals surface area contributed by atoms with Gasteiger partial charge in [0.2, 0.25) is 0 Å². The Labute approximate surface area is 209 Å². The minimum absolute atomic E-state index is 0.241. The largest absolute Gasteiger partial charge is 0.490 e. The lowest BCUT2D eigenvalue weighted by molar-refractivity contribution is -0.145. The van der Waals surface area contributed by atoms with Crippen LogP contribution < -0.4 is 14.8 Å². The summed E-state index contributed by atoms with van der Waals surface area (Å²) in [7, 11) is 0. The number of thioether (sulfide) groups is 1. The Morgan fingerprint density at radius 3 is 2.70 bits per heavy atom. The van der Waals surface area contributed by atoms with Gasteiger partial charge < -0.3 is 19.5 Å². The van der Waals surface area contributed by atoms with Crippen LogP contribution in [-0.4, -0.2) is 36.9 Å². The Morgan fingerprint density at radius 2 is 2.00 bits per heavy atom. The molecule has 0 radical (unpaired) electrons. The van der Waals surface area contributed by atoms with Gasteiger partial charge in [0.1, 0.15) is 0 Å². The minimum atomic E-state index is -0.472. The molecule has 1 N–H and O–H groups in total. The van der Waals surface area contributed by atoms with Crippen molar-refractivity contribution in [1.82, 2.24) is 5.32 Å². The third kappa shape index (κ3) is 6.75. The summed E-state index contributed by atoms with van der Waals surface area (Å²) in [6.07, 6.45) is 1.74. The maximum Gasteiger partial charge on any atom is 0.344 e. The number of nitrogens with one attached hydrogen (secondary N) is 1. The number of nitrogens with zero attached hydrogens (tertiary/aromatic N) is 1. The SMILES string of the molecule is CCOC(=O)COc1c(Br)cc(/C=C2\SC(=Nc3ccc(Cl)cc3C)NC2=O)cc1OCC. The first-order valence-electron chi connectivity index (χ1n) is 10.1. The van der Waals surface area contributed by atoms with E-state index in [9.17, 15) is 9.59 Å². The molecule has 0 aliphatic carbocycles. The van der Waals surface area contributed by atoms with Crippen molar-refractivity contribution < 1.29 is 23.8 Å². The second kappa shape index (κ2) is 11.6. The number of aliphatic imine (C=N–C) groups is 1. The van der Waals surface area contributed by atoms with E-state index in [0.29, 0.717) is 37.7 Å². The summed E-state index contributed by atoms with van der Waals surface area (Å²) in [4.78, 5) is 29.2. The van der Waals surface area contributed by atoms with Crippen LogP contribution in [0.25, 0.3) is 6.08 Å². The Morgan fingerprint density at radius 1 is 1.21 bits per heavy atom. The van der Waals surface area contributed by atoms with Gasteiger partial charge in [0.25, 0.3) is 5.91 Å². The van der Waals surface area contributed by atoms with Crippen LogP contribution in [0.1, 0.15) is 25.0 Å². The zero-order chi connectivity index (χ0) is 24.0. The van der Waals surface area contributed by atoms with Crippen molar-refractivity contribution in [1.29, 1.82) is 0 Å². The summed E-state index contributed by atoms with van der Waals surface area (Å²) in [5, 5.41) is 3.89. The highest BCUT2D eigenvalue weighted by atomic mass is 79.9. The molecule has 174 valence electrons. The summed E-state index contributed by atoms with van der Waals surface area (Å²) >= 11 is 10.7. The first kappa shape index (κ1) is 25.1. The number of ether oxygens (including phenoxy) is 3. The number of carbonyl (C=O) groups excluding carboxylic acids is 2. The Bertz CT molecular complexity index is 1140. The van der Waals surface area contributed by atoms with Crippen LogP contribution in [0.15, 0.2) is 44.7 Å². The number of esters is 1. The Balaban J connectivity index is 1.83. The molecule has 33 heavy (non-hydrogen) atoms. The number of benzene rings is 2. The summed E-state index contributed by atoms with van der Waals surface area (Å²) < 4.78 is 16.8. The number of hydrogen-bond donors (Lipinski definition) is 1. The van der Waals surface area contributed by atoms with Crippen LogP contribution in [0.3, 0.4) is 0 Å². The highest BCUT2D eigenvalue weighted by Crippen LogP contribution is 2.38. The van der Waals surface area contributed by atoms with Gasteiger partial charge in [0, 0.05) is 5.02 Å². The third-order valence-electron chi connectivity index (χ3n) is 4.30. The molecular formula is C23H22BrClN2O5S. The highest BCUT2D eigenvalue weighted by Gasteiger charge is 2.24. The fourth-order valence-corrected chi connectivity index (χ4v) is 4.53. The van der Waals surface area contributed by atoms with E-state index in [1.807, 2.05) is 19.9 Å². The molecule has 2 aromatic carbocycles. The summed E-state index contributed by atoms with van der Waals surface area (Å²) in [6, 6.07) is 8.90. The lowest BCUT2D eigenvalue weighted by atomic mass is 10.2. The molecule has 2 aromatic rings. The normalized spacial score (nSPS) is 15.6. The van der Waals surface area contributed by atoms with E-state index >= 15 is 0 Å². The van der Waals surface area contributed by atoms with E-state index in [-0.39, 0.29) is 19.1 Å². The van der Waals surface area contributed by atoms with Gasteiger partial charge in [-0.2, -0.15) is 0 Å². The van der Waals surface area contributed by atoms with Gasteiger partial charge >= 0.3 is 5.97 Å². The smallest absolute Gasteiger partial charge is 0.344 e. The van der Waals surface area contributed by atoms with Crippen molar-refractivity contribution in [2.75, 3.05) is 19.8 Å². The fraction of sp³-hybridized carbons (Fsp3) is 0.261. The van der Waals surface area contributed by atoms with Crippen molar-refractivity contribution in [2.24, 2.45) is 4.99 Å². The number of rotatable bonds is 8. The molecule has 3 rings (SSSR count). The van der Waals surface area contributed by atoms with Crippen LogP contribution in [0, 0.1) is 6.92 Å². The first-order valence-corrected chi connectivity index (χ1v) is 12.1. The molecule has 7 nitrogen and oxygen atoms in total. The van der Waals surface area contributed by atoms with E-state index in [2.05, 4.69) is 26.2 Å². The molecule has 1 fully saturated rings. The molecular weight excluding hydrogens is 532 g/mol. The number of hydrogen-bond acceptors (Lipinski definition) is 7. The van der Waals surface area contributed by atoms with E-state index in [0.717, 1.165) is 16.8 Å². The maximum absolute atomic E-state index is 12.5. The first-order chi connectivity index (χ1) is 15.8. The molecule has 0 aromatic heterocycles. The summed E-state index contributed by atoms with van der Waals surface area (Å²) in [6.45, 7) is 5.91. The van der Waals surface area contributed by atoms with Crippen LogP contribution in [0.5, 0.6) is 11.5 Å². The summed E-state index contributed by atoms with van der Waals surface area (Å²) in [5.74, 6) is 0.107. The van der Waals surface area contributed by atoms with Gasteiger partial charge in [-0.05, 0) is 96.0 Å². The van der Waals surface area contributed by atoms with Crippen molar-refractivity contribution in [3.8, 4) is 11.5 Å². The average molecular weight is 554 g/mol. The monoisotopic (exact) mass is 552 g/mol. The van der Waals surface area contributed by atoms with Crippen molar-refractivity contribution >= 4 is 68.1 Å². The molecule has 0 atom stereocenters. The topological polar surface area (TPSA) is 86.2 Å². The number of aryl methyl sites for hydroxylation is 1. The lowest BCUT2D eigenvalue weighted by Gasteiger charge is -2.14. The third-order valence-corrected chi connectivity index (χ3v) is 6.03. The molecule has 10 heteroatoms. The number of halogens is 2. The van der Waals surface area contributed by atoms with Crippen molar-refractivity contribution in [3.63, 3.8) is 0 Å². The van der Waals surface area contributed by atoms with Gasteiger partial charge in [-0.15, -0.1) is 0 Å². The maximum atomic E-state index is 12.5. The second-order valence-electron chi connectivity index (χ2n) is 6.77. The van der Waals surface area contributed by atoms with Crippen molar-refractivity contribution in [2.45, 2.75) is 20.8 Å². The molecule has 0 bridgehead atoms. The van der Waals surface area contributed by atoms with Gasteiger partial charge in [-0.3, -0.25) is 4.79 Å². The van der Waals surface area contributed by atoms with E-state index in [1.54, 1.807) is 37.3 Å². The zero-order valence-corrected chi connectivity index (χ0v) is 21.4. The Hall–Kier alpha value is -2.49. The number of amidine groups is 1. The highest BCUT2D eigenvalue weighted by molar-refractivity contribution is 9.10. The minimum Gasteiger partial charge on any atom is -0.490 e. The van der Waals surface area contributed by atoms with Crippen LogP contribution in [-0.2, 0) is 14.3 Å². The molecule has 0 spiro atoms. The van der Waals surface area contributed by atoms with Gasteiger partial charge in [-0.25, -0.2) is 9.79 Å². The predicted octanol–water partition coefficient (Wildman–Crippen LogP) is 5.64. The van der Waals surface area contributed by atoms with E-state index in [4.69, 9.17) is 25.8 Å². The quantitative estimate of drug-likeness (QED) is 0.336. The van der Waals surface area contributed by atoms with E-state index < -0.39 is 5.97 Å². The summed E-state index contributed by atoms with van der Waals surface area (Å²) in [5.41, 5.74) is 2.36. The number of amides is 1.